The second kappa shape index (κ2) is 7.26. The maximum atomic E-state index is 13.1. The smallest absolute Gasteiger partial charge is 0.372 e. The molecule has 21 heavy (non-hydrogen) atoms. The van der Waals surface area contributed by atoms with Gasteiger partial charge in [0.25, 0.3) is 0 Å². The van der Waals surface area contributed by atoms with Gasteiger partial charge >= 0.3 is 12.1 Å². The van der Waals surface area contributed by atoms with Gasteiger partial charge in [0.15, 0.2) is 0 Å². The third-order valence-corrected chi connectivity index (χ3v) is 3.15. The van der Waals surface area contributed by atoms with E-state index >= 15 is 0 Å². The van der Waals surface area contributed by atoms with Crippen molar-refractivity contribution in [2.24, 2.45) is 5.73 Å². The molecule has 1 rings (SSSR count). The van der Waals surface area contributed by atoms with E-state index in [1.54, 1.807) is 0 Å². The molecule has 0 aliphatic carbocycles. The Labute approximate surface area is 126 Å². The van der Waals surface area contributed by atoms with Crippen molar-refractivity contribution in [3.05, 3.63) is 29.8 Å². The van der Waals surface area contributed by atoms with Crippen molar-refractivity contribution >= 4 is 18.1 Å². The zero-order valence-electron chi connectivity index (χ0n) is 11.6. The van der Waals surface area contributed by atoms with E-state index in [2.05, 4.69) is 0 Å². The summed E-state index contributed by atoms with van der Waals surface area (Å²) in [5.74, 6) is -4.95. The first-order valence-corrected chi connectivity index (χ1v) is 6.20. The lowest BCUT2D eigenvalue weighted by molar-refractivity contribution is -0.291. The summed E-state index contributed by atoms with van der Waals surface area (Å²) < 4.78 is 63.0. The summed E-state index contributed by atoms with van der Waals surface area (Å²) in [5.41, 5.74) is 5.57. The number of nitrogens with two attached hydrogens (primary N) is 1. The molecule has 0 aromatic heterocycles. The average Bonchev–Trinajstić information content (AvgIpc) is 2.39. The molecule has 0 bridgehead atoms. The largest absolute Gasteiger partial charge is 0.455 e. The van der Waals surface area contributed by atoms with Gasteiger partial charge in [-0.3, -0.25) is 0 Å². The van der Waals surface area contributed by atoms with Crippen LogP contribution < -0.4 is 10.6 Å². The van der Waals surface area contributed by atoms with Crippen LogP contribution in [0.5, 0.6) is 0 Å². The van der Waals surface area contributed by atoms with E-state index in [9.17, 15) is 22.0 Å². The first-order chi connectivity index (χ1) is 9.15. The molecule has 2 nitrogen and oxygen atoms in total. The number of hydrogen-bond acceptors (Lipinski definition) is 2. The Morgan fingerprint density at radius 3 is 1.76 bits per heavy atom. The molecule has 0 amide bonds. The van der Waals surface area contributed by atoms with Crippen LogP contribution in [0.2, 0.25) is 0 Å². The highest BCUT2D eigenvalue weighted by Crippen LogP contribution is 2.43. The van der Waals surface area contributed by atoms with Crippen molar-refractivity contribution in [2.45, 2.75) is 32.0 Å². The number of alkyl halides is 5. The normalized spacial score (nSPS) is 13.5. The third-order valence-electron chi connectivity index (χ3n) is 3.15. The minimum absolute atomic E-state index is 0. The van der Waals surface area contributed by atoms with Crippen LogP contribution in [0.25, 0.3) is 0 Å². The first kappa shape index (κ1) is 19.9. The Morgan fingerprint density at radius 1 is 1.00 bits per heavy atom. The number of anilines is 1. The maximum Gasteiger partial charge on any atom is 0.455 e. The fraction of sp³-hybridized carbons (Fsp3) is 0.538. The van der Waals surface area contributed by atoms with Crippen LogP contribution in [0.4, 0.5) is 27.6 Å². The average molecular weight is 333 g/mol. The molecule has 122 valence electrons. The van der Waals surface area contributed by atoms with Gasteiger partial charge in [-0.2, -0.15) is 22.0 Å². The van der Waals surface area contributed by atoms with Crippen molar-refractivity contribution in [3.63, 3.8) is 0 Å². The number of hydrogen-bond donors (Lipinski definition) is 1. The van der Waals surface area contributed by atoms with Gasteiger partial charge in [0, 0.05) is 18.8 Å². The lowest BCUT2D eigenvalue weighted by Gasteiger charge is -2.27. The summed E-state index contributed by atoms with van der Waals surface area (Å²) in [5, 5.41) is 0. The Hall–Kier alpha value is -1.08. The van der Waals surface area contributed by atoms with Gasteiger partial charge in [0.2, 0.25) is 0 Å². The minimum Gasteiger partial charge on any atom is -0.372 e. The Balaban J connectivity index is 0.00000400. The molecule has 0 saturated heterocycles. The monoisotopic (exact) mass is 332 g/mol. The molecule has 0 fully saturated rings. The first-order valence-electron chi connectivity index (χ1n) is 6.20. The second-order valence-corrected chi connectivity index (χ2v) is 4.36. The van der Waals surface area contributed by atoms with Gasteiger partial charge in [-0.25, -0.2) is 0 Å². The van der Waals surface area contributed by atoms with Crippen molar-refractivity contribution < 1.29 is 22.0 Å². The van der Waals surface area contributed by atoms with E-state index in [0.29, 0.717) is 13.1 Å². The SMILES string of the molecule is CCN(CC)c1ccc([C@@H](N)C(F)(F)C(F)(F)F)cc1.Cl. The molecule has 0 heterocycles. The number of rotatable bonds is 5. The molecule has 1 atom stereocenters. The third kappa shape index (κ3) is 4.20. The maximum absolute atomic E-state index is 13.1. The number of nitrogens with zero attached hydrogens (tertiary/aromatic N) is 1. The number of halogens is 6. The van der Waals surface area contributed by atoms with Crippen LogP contribution in [0.3, 0.4) is 0 Å². The minimum atomic E-state index is -5.66. The van der Waals surface area contributed by atoms with Crippen molar-refractivity contribution in [1.29, 1.82) is 0 Å². The summed E-state index contributed by atoms with van der Waals surface area (Å²) >= 11 is 0. The molecular formula is C13H18ClF5N2. The van der Waals surface area contributed by atoms with Gasteiger partial charge in [-0.1, -0.05) is 12.1 Å². The van der Waals surface area contributed by atoms with E-state index in [0.717, 1.165) is 5.69 Å². The highest BCUT2D eigenvalue weighted by Gasteiger charge is 2.61. The topological polar surface area (TPSA) is 29.3 Å². The Morgan fingerprint density at radius 2 is 1.43 bits per heavy atom. The fourth-order valence-corrected chi connectivity index (χ4v) is 1.87. The van der Waals surface area contributed by atoms with Crippen molar-refractivity contribution in [1.82, 2.24) is 0 Å². The van der Waals surface area contributed by atoms with Crippen molar-refractivity contribution in [3.8, 4) is 0 Å². The molecule has 0 saturated carbocycles. The fourth-order valence-electron chi connectivity index (χ4n) is 1.87. The Kier molecular flexibility index (Phi) is 6.89. The van der Waals surface area contributed by atoms with Gasteiger partial charge in [0.05, 0.1) is 0 Å². The van der Waals surface area contributed by atoms with E-state index < -0.39 is 18.1 Å². The predicted molar refractivity (Wildman–Crippen MR) is 75.2 cm³/mol. The molecule has 2 N–H and O–H groups in total. The van der Waals surface area contributed by atoms with Crippen LogP contribution in [0, 0.1) is 0 Å². The molecule has 0 unspecified atom stereocenters. The summed E-state index contributed by atoms with van der Waals surface area (Å²) in [7, 11) is 0. The summed E-state index contributed by atoms with van der Waals surface area (Å²) in [4.78, 5) is 1.94. The molecule has 1 aromatic rings. The molecule has 8 heteroatoms. The van der Waals surface area contributed by atoms with E-state index in [-0.39, 0.29) is 18.0 Å². The summed E-state index contributed by atoms with van der Waals surface area (Å²) in [6.07, 6.45) is -5.66. The highest BCUT2D eigenvalue weighted by atomic mass is 35.5. The predicted octanol–water partition coefficient (Wildman–Crippen LogP) is 4.15. The van der Waals surface area contributed by atoms with Gasteiger partial charge in [-0.05, 0) is 31.5 Å². The molecular weight excluding hydrogens is 315 g/mol. The molecule has 0 radical (unpaired) electrons. The van der Waals surface area contributed by atoms with E-state index in [1.165, 1.54) is 24.3 Å². The van der Waals surface area contributed by atoms with E-state index in [1.807, 2.05) is 18.7 Å². The summed E-state index contributed by atoms with van der Waals surface area (Å²) in [6.45, 7) is 5.25. The standard InChI is InChI=1S/C13H17F5N2.ClH/c1-3-20(4-2)10-7-5-9(6-8-10)11(19)12(14,15)13(16,17)18;/h5-8,11H,3-4,19H2,1-2H3;1H/t11-;/m1./s1. The van der Waals surface area contributed by atoms with Gasteiger partial charge in [-0.15, -0.1) is 12.4 Å². The van der Waals surface area contributed by atoms with E-state index in [4.69, 9.17) is 5.73 Å². The van der Waals surface area contributed by atoms with Gasteiger partial charge in [0.1, 0.15) is 6.04 Å². The number of benzene rings is 1. The highest BCUT2D eigenvalue weighted by molar-refractivity contribution is 5.85. The van der Waals surface area contributed by atoms with Crippen LogP contribution in [0.1, 0.15) is 25.5 Å². The lowest BCUT2D eigenvalue weighted by Crippen LogP contribution is -2.45. The molecule has 0 aliphatic heterocycles. The van der Waals surface area contributed by atoms with Crippen LogP contribution >= 0.6 is 12.4 Å². The van der Waals surface area contributed by atoms with Crippen LogP contribution in [-0.2, 0) is 0 Å². The zero-order valence-corrected chi connectivity index (χ0v) is 12.4. The molecule has 1 aromatic carbocycles. The molecule has 0 spiro atoms. The quantitative estimate of drug-likeness (QED) is 0.821. The Bertz CT molecular complexity index is 429. The second-order valence-electron chi connectivity index (χ2n) is 4.36. The molecule has 0 aliphatic rings. The van der Waals surface area contributed by atoms with Crippen molar-refractivity contribution in [2.75, 3.05) is 18.0 Å². The lowest BCUT2D eigenvalue weighted by atomic mass is 10.0. The van der Waals surface area contributed by atoms with Crippen LogP contribution in [0.15, 0.2) is 24.3 Å². The summed E-state index contributed by atoms with van der Waals surface area (Å²) in [6, 6.07) is 2.99. The van der Waals surface area contributed by atoms with Crippen LogP contribution in [-0.4, -0.2) is 25.2 Å². The zero-order chi connectivity index (χ0) is 15.6. The van der Waals surface area contributed by atoms with Gasteiger partial charge < -0.3 is 10.6 Å².